The van der Waals surface area contributed by atoms with Crippen LogP contribution in [0.25, 0.3) is 11.0 Å². The highest BCUT2D eigenvalue weighted by atomic mass is 35.5. The van der Waals surface area contributed by atoms with Crippen LogP contribution in [0.15, 0.2) is 12.1 Å². The average Bonchev–Trinajstić information content (AvgIpc) is 3.04. The molecule has 1 aromatic carbocycles. The van der Waals surface area contributed by atoms with Gasteiger partial charge in [-0.15, -0.1) is 0 Å². The minimum Gasteiger partial charge on any atom is -0.341 e. The second-order valence-electron chi connectivity index (χ2n) is 4.34. The Kier molecular flexibility index (Phi) is 4.25. The highest BCUT2D eigenvalue weighted by molar-refractivity contribution is 6.32. The largest absolute Gasteiger partial charge is 0.341 e. The molecule has 2 heterocycles. The molecule has 0 unspecified atom stereocenters. The molecule has 2 aromatic rings. The maximum Gasteiger partial charge on any atom is 0.124 e. The van der Waals surface area contributed by atoms with Crippen LogP contribution >= 0.6 is 11.6 Å². The first kappa shape index (κ1) is 13.4. The fourth-order valence-corrected chi connectivity index (χ4v) is 2.44. The zero-order valence-electron chi connectivity index (χ0n) is 11.2. The monoisotopic (exact) mass is 265 g/mol. The van der Waals surface area contributed by atoms with Crippen molar-refractivity contribution in [3.63, 3.8) is 0 Å². The molecular formula is C14H20ClN3. The number of nitrogens with zero attached hydrogens (tertiary/aromatic N) is 1. The van der Waals surface area contributed by atoms with Crippen LogP contribution in [0.4, 0.5) is 0 Å². The molecule has 1 aliphatic heterocycles. The van der Waals surface area contributed by atoms with Crippen LogP contribution in [-0.2, 0) is 0 Å². The number of fused-ring (bicyclic) bond motifs is 1. The van der Waals surface area contributed by atoms with Crippen molar-refractivity contribution in [2.24, 2.45) is 0 Å². The first-order valence-corrected chi connectivity index (χ1v) is 7.01. The van der Waals surface area contributed by atoms with Gasteiger partial charge in [-0.1, -0.05) is 25.4 Å². The van der Waals surface area contributed by atoms with Gasteiger partial charge >= 0.3 is 0 Å². The zero-order valence-corrected chi connectivity index (χ0v) is 11.9. The maximum absolute atomic E-state index is 6.09. The Labute approximate surface area is 113 Å². The number of hydrogen-bond acceptors (Lipinski definition) is 2. The van der Waals surface area contributed by atoms with Crippen molar-refractivity contribution in [2.75, 3.05) is 6.54 Å². The van der Waals surface area contributed by atoms with E-state index in [2.05, 4.69) is 15.3 Å². The Morgan fingerprint density at radius 1 is 1.33 bits per heavy atom. The number of H-pyrrole nitrogens is 1. The van der Waals surface area contributed by atoms with Crippen LogP contribution in [0.3, 0.4) is 0 Å². The summed E-state index contributed by atoms with van der Waals surface area (Å²) in [6.45, 7) is 7.10. The number of halogens is 1. The van der Waals surface area contributed by atoms with Crippen LogP contribution < -0.4 is 5.32 Å². The van der Waals surface area contributed by atoms with Crippen LogP contribution in [-0.4, -0.2) is 16.5 Å². The topological polar surface area (TPSA) is 40.7 Å². The molecule has 4 heteroatoms. The summed E-state index contributed by atoms with van der Waals surface area (Å²) in [5, 5.41) is 4.22. The summed E-state index contributed by atoms with van der Waals surface area (Å²) in [4.78, 5) is 8.03. The lowest BCUT2D eigenvalue weighted by atomic mass is 10.2. The zero-order chi connectivity index (χ0) is 13.1. The molecule has 0 bridgehead atoms. The molecule has 2 N–H and O–H groups in total. The minimum atomic E-state index is 0.380. The van der Waals surface area contributed by atoms with Crippen molar-refractivity contribution in [1.82, 2.24) is 15.3 Å². The lowest BCUT2D eigenvalue weighted by molar-refractivity contribution is 0.614. The lowest BCUT2D eigenvalue weighted by Gasteiger charge is -2.04. The predicted molar refractivity (Wildman–Crippen MR) is 77.2 cm³/mol. The number of benzene rings is 1. The molecule has 0 saturated carbocycles. The molecule has 1 aliphatic rings. The number of aromatic amines is 1. The minimum absolute atomic E-state index is 0.380. The summed E-state index contributed by atoms with van der Waals surface area (Å²) in [6, 6.07) is 4.30. The molecule has 3 nitrogen and oxygen atoms in total. The van der Waals surface area contributed by atoms with Gasteiger partial charge in [0.15, 0.2) is 0 Å². The number of imidazole rings is 1. The van der Waals surface area contributed by atoms with Crippen molar-refractivity contribution in [1.29, 1.82) is 0 Å². The average molecular weight is 266 g/mol. The quantitative estimate of drug-likeness (QED) is 0.819. The summed E-state index contributed by atoms with van der Waals surface area (Å²) in [5.74, 6) is 1.04. The van der Waals surface area contributed by atoms with E-state index in [1.165, 1.54) is 6.42 Å². The third-order valence-electron chi connectivity index (χ3n) is 3.25. The third kappa shape index (κ3) is 2.38. The van der Waals surface area contributed by atoms with Crippen LogP contribution in [0.1, 0.15) is 44.1 Å². The molecule has 1 aromatic heterocycles. The van der Waals surface area contributed by atoms with Crippen molar-refractivity contribution < 1.29 is 0 Å². The van der Waals surface area contributed by atoms with Gasteiger partial charge in [0.25, 0.3) is 0 Å². The molecule has 98 valence electrons. The number of aromatic nitrogens is 2. The Bertz CT molecular complexity index is 527. The Morgan fingerprint density at radius 2 is 2.11 bits per heavy atom. The van der Waals surface area contributed by atoms with Gasteiger partial charge in [0.05, 0.1) is 17.1 Å². The Morgan fingerprint density at radius 3 is 2.78 bits per heavy atom. The van der Waals surface area contributed by atoms with Crippen molar-refractivity contribution in [3.8, 4) is 0 Å². The smallest absolute Gasteiger partial charge is 0.124 e. The molecule has 1 saturated heterocycles. The van der Waals surface area contributed by atoms with E-state index in [0.29, 0.717) is 6.04 Å². The summed E-state index contributed by atoms with van der Waals surface area (Å²) in [5.41, 5.74) is 3.13. The molecule has 18 heavy (non-hydrogen) atoms. The summed E-state index contributed by atoms with van der Waals surface area (Å²) >= 11 is 6.09. The first-order chi connectivity index (χ1) is 8.75. The fraction of sp³-hybridized carbons (Fsp3) is 0.500. The van der Waals surface area contributed by atoms with E-state index in [9.17, 15) is 0 Å². The fourth-order valence-electron chi connectivity index (χ4n) is 2.29. The van der Waals surface area contributed by atoms with Gasteiger partial charge in [0, 0.05) is 5.02 Å². The highest BCUT2D eigenvalue weighted by Crippen LogP contribution is 2.27. The second-order valence-corrected chi connectivity index (χ2v) is 4.75. The summed E-state index contributed by atoms with van der Waals surface area (Å²) < 4.78 is 0. The molecule has 0 radical (unpaired) electrons. The van der Waals surface area contributed by atoms with Crippen LogP contribution in [0.5, 0.6) is 0 Å². The second kappa shape index (κ2) is 5.72. The van der Waals surface area contributed by atoms with Gasteiger partial charge in [-0.3, -0.25) is 0 Å². The Balaban J connectivity index is 0.000000574. The van der Waals surface area contributed by atoms with E-state index in [1.807, 2.05) is 32.9 Å². The summed E-state index contributed by atoms with van der Waals surface area (Å²) in [6.07, 6.45) is 2.38. The van der Waals surface area contributed by atoms with Crippen molar-refractivity contribution in [3.05, 3.63) is 28.5 Å². The molecule has 1 atom stereocenters. The molecular weight excluding hydrogens is 246 g/mol. The molecule has 0 aliphatic carbocycles. The van der Waals surface area contributed by atoms with Crippen molar-refractivity contribution >= 4 is 22.6 Å². The first-order valence-electron chi connectivity index (χ1n) is 6.64. The van der Waals surface area contributed by atoms with Gasteiger partial charge in [-0.05, 0) is 44.0 Å². The van der Waals surface area contributed by atoms with Crippen LogP contribution in [0.2, 0.25) is 5.02 Å². The number of rotatable bonds is 1. The van der Waals surface area contributed by atoms with E-state index in [4.69, 9.17) is 11.6 Å². The third-order valence-corrected chi connectivity index (χ3v) is 3.66. The van der Waals surface area contributed by atoms with E-state index < -0.39 is 0 Å². The molecule has 1 fully saturated rings. The number of nitrogens with one attached hydrogen (secondary N) is 2. The van der Waals surface area contributed by atoms with Crippen LogP contribution in [0, 0.1) is 6.92 Å². The van der Waals surface area contributed by atoms with Gasteiger partial charge < -0.3 is 10.3 Å². The highest BCUT2D eigenvalue weighted by Gasteiger charge is 2.20. The molecule has 0 amide bonds. The lowest BCUT2D eigenvalue weighted by Crippen LogP contribution is -2.14. The standard InChI is InChI=1S/C12H14ClN3.C2H6/c1-7-8(13)4-5-9-11(7)16-12(15-9)10-3-2-6-14-10;1-2/h4-5,10,14H,2-3,6H2,1H3,(H,15,16);1-2H3/t10-;/m0./s1. The SMILES string of the molecule is CC.Cc1c(Cl)ccc2[nH]c([C@@H]3CCCN3)nc12. The maximum atomic E-state index is 6.09. The van der Waals surface area contributed by atoms with Gasteiger partial charge in [-0.25, -0.2) is 4.98 Å². The summed E-state index contributed by atoms with van der Waals surface area (Å²) in [7, 11) is 0. The van der Waals surface area contributed by atoms with E-state index in [1.54, 1.807) is 0 Å². The molecule has 0 spiro atoms. The predicted octanol–water partition coefficient (Wildman–Crippen LogP) is 3.98. The number of aryl methyl sites for hydroxylation is 1. The van der Waals surface area contributed by atoms with E-state index in [0.717, 1.165) is 40.4 Å². The van der Waals surface area contributed by atoms with Gasteiger partial charge in [-0.2, -0.15) is 0 Å². The normalized spacial score (nSPS) is 18.8. The van der Waals surface area contributed by atoms with Gasteiger partial charge in [0.2, 0.25) is 0 Å². The Hall–Kier alpha value is -1.06. The molecule has 3 rings (SSSR count). The van der Waals surface area contributed by atoms with E-state index >= 15 is 0 Å². The van der Waals surface area contributed by atoms with E-state index in [-0.39, 0.29) is 0 Å². The number of hydrogen-bond donors (Lipinski definition) is 2. The van der Waals surface area contributed by atoms with Gasteiger partial charge in [0.1, 0.15) is 5.82 Å². The van der Waals surface area contributed by atoms with Crippen molar-refractivity contribution in [2.45, 2.75) is 39.7 Å².